The molecule has 0 radical (unpaired) electrons. The van der Waals surface area contributed by atoms with Crippen LogP contribution in [0.2, 0.25) is 0 Å². The molecule has 0 aromatic heterocycles. The van der Waals surface area contributed by atoms with Gasteiger partial charge in [0.15, 0.2) is 0 Å². The predicted octanol–water partition coefficient (Wildman–Crippen LogP) is 2.98. The molecule has 1 saturated heterocycles. The number of nitrogens with two attached hydrogens (primary N) is 1. The van der Waals surface area contributed by atoms with Crippen molar-refractivity contribution >= 4 is 21.6 Å². The Bertz CT molecular complexity index is 351. The van der Waals surface area contributed by atoms with Crippen molar-refractivity contribution in [1.29, 1.82) is 0 Å². The number of rotatable bonds is 4. The van der Waals surface area contributed by atoms with Gasteiger partial charge in [0.25, 0.3) is 0 Å². The summed E-state index contributed by atoms with van der Waals surface area (Å²) in [6.07, 6.45) is 3.65. The molecule has 2 rings (SSSR count). The van der Waals surface area contributed by atoms with Crippen molar-refractivity contribution < 1.29 is 9.47 Å². The van der Waals surface area contributed by atoms with Crippen molar-refractivity contribution in [2.24, 2.45) is 0 Å². The first-order chi connectivity index (χ1) is 7.75. The van der Waals surface area contributed by atoms with E-state index in [1.165, 1.54) is 6.42 Å². The maximum Gasteiger partial charge on any atom is 0.135 e. The highest BCUT2D eigenvalue weighted by atomic mass is 79.9. The van der Waals surface area contributed by atoms with Gasteiger partial charge in [0.2, 0.25) is 0 Å². The molecule has 1 unspecified atom stereocenters. The summed E-state index contributed by atoms with van der Waals surface area (Å²) in [4.78, 5) is 0. The summed E-state index contributed by atoms with van der Waals surface area (Å²) in [5.74, 6) is 0.804. The third kappa shape index (κ3) is 3.12. The molecule has 1 heterocycles. The zero-order valence-corrected chi connectivity index (χ0v) is 10.7. The molecule has 1 fully saturated rings. The van der Waals surface area contributed by atoms with E-state index in [1.54, 1.807) is 0 Å². The Balaban J connectivity index is 1.82. The van der Waals surface area contributed by atoms with Crippen molar-refractivity contribution in [3.05, 3.63) is 22.7 Å². The minimum atomic E-state index is 0.375. The molecule has 1 aliphatic heterocycles. The second-order valence-corrected chi connectivity index (χ2v) is 4.82. The van der Waals surface area contributed by atoms with E-state index in [2.05, 4.69) is 15.9 Å². The summed E-state index contributed by atoms with van der Waals surface area (Å²) in [6, 6.07) is 5.58. The van der Waals surface area contributed by atoms with Crippen molar-refractivity contribution in [1.82, 2.24) is 0 Å². The maximum atomic E-state index is 5.70. The molecular formula is C12H16BrNO2. The fourth-order valence-corrected chi connectivity index (χ4v) is 2.16. The Labute approximate surface area is 104 Å². The highest BCUT2D eigenvalue weighted by molar-refractivity contribution is 9.10. The molecule has 0 amide bonds. The fourth-order valence-electron chi connectivity index (χ4n) is 1.80. The molecule has 0 saturated carbocycles. The van der Waals surface area contributed by atoms with Crippen LogP contribution in [-0.2, 0) is 4.74 Å². The Morgan fingerprint density at radius 2 is 2.38 bits per heavy atom. The Hall–Kier alpha value is -0.740. The van der Waals surface area contributed by atoms with Crippen molar-refractivity contribution in [3.8, 4) is 5.75 Å². The molecule has 0 spiro atoms. The number of benzene rings is 1. The lowest BCUT2D eigenvalue weighted by Gasteiger charge is -2.12. The summed E-state index contributed by atoms with van der Waals surface area (Å²) in [5.41, 5.74) is 6.41. The van der Waals surface area contributed by atoms with Crippen LogP contribution in [0.15, 0.2) is 22.7 Å². The third-order valence-electron chi connectivity index (χ3n) is 2.68. The van der Waals surface area contributed by atoms with Gasteiger partial charge in [0.1, 0.15) is 5.75 Å². The normalized spacial score (nSPS) is 19.9. The Morgan fingerprint density at radius 1 is 1.50 bits per heavy atom. The number of hydrogen-bond acceptors (Lipinski definition) is 3. The van der Waals surface area contributed by atoms with Crippen LogP contribution in [0.3, 0.4) is 0 Å². The zero-order chi connectivity index (χ0) is 11.4. The van der Waals surface area contributed by atoms with Crippen molar-refractivity contribution in [3.63, 3.8) is 0 Å². The first kappa shape index (κ1) is 11.7. The van der Waals surface area contributed by atoms with Gasteiger partial charge >= 0.3 is 0 Å². The molecule has 1 aromatic rings. The molecule has 4 heteroatoms. The molecule has 1 aliphatic rings. The first-order valence-corrected chi connectivity index (χ1v) is 6.34. The van der Waals surface area contributed by atoms with Crippen LogP contribution < -0.4 is 10.5 Å². The van der Waals surface area contributed by atoms with Gasteiger partial charge in [-0.05, 0) is 40.9 Å². The van der Waals surface area contributed by atoms with Crippen LogP contribution in [0.25, 0.3) is 0 Å². The van der Waals surface area contributed by atoms with Crippen molar-refractivity contribution in [2.75, 3.05) is 18.9 Å². The van der Waals surface area contributed by atoms with E-state index in [0.29, 0.717) is 12.7 Å². The van der Waals surface area contributed by atoms with E-state index in [-0.39, 0.29) is 0 Å². The number of nitrogen functional groups attached to an aromatic ring is 1. The standard InChI is InChI=1S/C12H16BrNO2/c13-11-4-3-9(14)8-12(11)16-7-5-10-2-1-6-15-10/h3-4,8,10H,1-2,5-7,14H2. The van der Waals surface area contributed by atoms with Crippen LogP contribution in [0, 0.1) is 0 Å². The summed E-state index contributed by atoms with van der Waals surface area (Å²) in [6.45, 7) is 1.57. The summed E-state index contributed by atoms with van der Waals surface area (Å²) in [5, 5.41) is 0. The van der Waals surface area contributed by atoms with E-state index in [0.717, 1.165) is 35.4 Å². The van der Waals surface area contributed by atoms with Gasteiger partial charge in [0.05, 0.1) is 17.2 Å². The second-order valence-electron chi connectivity index (χ2n) is 3.96. The van der Waals surface area contributed by atoms with Crippen LogP contribution in [-0.4, -0.2) is 19.3 Å². The van der Waals surface area contributed by atoms with Crippen LogP contribution in [0.5, 0.6) is 5.75 Å². The Kier molecular flexibility index (Phi) is 4.07. The summed E-state index contributed by atoms with van der Waals surface area (Å²) < 4.78 is 12.1. The number of ether oxygens (including phenoxy) is 2. The zero-order valence-electron chi connectivity index (χ0n) is 9.12. The van der Waals surface area contributed by atoms with E-state index < -0.39 is 0 Å². The summed E-state index contributed by atoms with van der Waals surface area (Å²) >= 11 is 3.43. The van der Waals surface area contributed by atoms with Crippen molar-refractivity contribution in [2.45, 2.75) is 25.4 Å². The molecule has 3 nitrogen and oxygen atoms in total. The SMILES string of the molecule is Nc1ccc(Br)c(OCCC2CCCO2)c1. The van der Waals surface area contributed by atoms with E-state index >= 15 is 0 Å². The molecule has 2 N–H and O–H groups in total. The van der Waals surface area contributed by atoms with Crippen LogP contribution in [0.4, 0.5) is 5.69 Å². The third-order valence-corrected chi connectivity index (χ3v) is 3.33. The average Bonchev–Trinajstić information content (AvgIpc) is 2.76. The molecule has 0 aliphatic carbocycles. The van der Waals surface area contributed by atoms with E-state index in [4.69, 9.17) is 15.2 Å². The molecular weight excluding hydrogens is 270 g/mol. The predicted molar refractivity (Wildman–Crippen MR) is 67.6 cm³/mol. The van der Waals surface area contributed by atoms with Gasteiger partial charge in [-0.2, -0.15) is 0 Å². The minimum absolute atomic E-state index is 0.375. The van der Waals surface area contributed by atoms with Gasteiger partial charge in [-0.3, -0.25) is 0 Å². The van der Waals surface area contributed by atoms with Crippen LogP contribution in [0.1, 0.15) is 19.3 Å². The lowest BCUT2D eigenvalue weighted by Crippen LogP contribution is -2.10. The Morgan fingerprint density at radius 3 is 3.12 bits per heavy atom. The smallest absolute Gasteiger partial charge is 0.135 e. The van der Waals surface area contributed by atoms with Gasteiger partial charge < -0.3 is 15.2 Å². The van der Waals surface area contributed by atoms with Gasteiger partial charge in [-0.15, -0.1) is 0 Å². The lowest BCUT2D eigenvalue weighted by atomic mass is 10.2. The second kappa shape index (κ2) is 5.55. The highest BCUT2D eigenvalue weighted by Crippen LogP contribution is 2.27. The van der Waals surface area contributed by atoms with Gasteiger partial charge in [0, 0.05) is 24.8 Å². The quantitative estimate of drug-likeness (QED) is 0.865. The molecule has 16 heavy (non-hydrogen) atoms. The number of hydrogen-bond donors (Lipinski definition) is 1. The molecule has 0 bridgehead atoms. The fraction of sp³-hybridized carbons (Fsp3) is 0.500. The maximum absolute atomic E-state index is 5.70. The van der Waals surface area contributed by atoms with E-state index in [9.17, 15) is 0 Å². The first-order valence-electron chi connectivity index (χ1n) is 5.55. The monoisotopic (exact) mass is 285 g/mol. The molecule has 1 aromatic carbocycles. The van der Waals surface area contributed by atoms with Gasteiger partial charge in [-0.1, -0.05) is 0 Å². The minimum Gasteiger partial charge on any atom is -0.492 e. The summed E-state index contributed by atoms with van der Waals surface area (Å²) in [7, 11) is 0. The number of halogens is 1. The molecule has 1 atom stereocenters. The average molecular weight is 286 g/mol. The topological polar surface area (TPSA) is 44.5 Å². The molecule has 88 valence electrons. The largest absolute Gasteiger partial charge is 0.492 e. The van der Waals surface area contributed by atoms with Crippen LogP contribution >= 0.6 is 15.9 Å². The van der Waals surface area contributed by atoms with Gasteiger partial charge in [-0.25, -0.2) is 0 Å². The lowest BCUT2D eigenvalue weighted by molar-refractivity contribution is 0.0902. The number of anilines is 1. The highest BCUT2D eigenvalue weighted by Gasteiger charge is 2.15. The van der Waals surface area contributed by atoms with E-state index in [1.807, 2.05) is 18.2 Å².